The molecular formula is C30H38N2O7. The molecule has 1 amide bonds. The minimum atomic E-state index is -1.20. The Morgan fingerprint density at radius 3 is 2.51 bits per heavy atom. The van der Waals surface area contributed by atoms with Crippen LogP contribution in [0.1, 0.15) is 75.1 Å². The summed E-state index contributed by atoms with van der Waals surface area (Å²) < 4.78 is 5.22. The van der Waals surface area contributed by atoms with Crippen LogP contribution in [0.4, 0.5) is 0 Å². The number of rotatable bonds is 4. The summed E-state index contributed by atoms with van der Waals surface area (Å²) in [6.07, 6.45) is 7.89. The van der Waals surface area contributed by atoms with E-state index in [2.05, 4.69) is 17.5 Å². The van der Waals surface area contributed by atoms with Gasteiger partial charge in [-0.25, -0.2) is 10.2 Å². The second-order valence-electron chi connectivity index (χ2n) is 12.8. The van der Waals surface area contributed by atoms with Gasteiger partial charge in [0.1, 0.15) is 12.4 Å². The molecule has 4 aliphatic carbocycles. The molecule has 0 bridgehead atoms. The maximum absolute atomic E-state index is 12.7. The van der Waals surface area contributed by atoms with Gasteiger partial charge >= 0.3 is 5.97 Å². The zero-order chi connectivity index (χ0) is 27.6. The summed E-state index contributed by atoms with van der Waals surface area (Å²) in [6.45, 7) is 2.44. The predicted octanol–water partition coefficient (Wildman–Crippen LogP) is 2.82. The number of nitrogens with zero attached hydrogens (tertiary/aromatic N) is 1. The van der Waals surface area contributed by atoms with Crippen LogP contribution in [-0.2, 0) is 9.53 Å². The van der Waals surface area contributed by atoms with Crippen LogP contribution in [0.5, 0.6) is 5.75 Å². The molecule has 1 aromatic carbocycles. The second kappa shape index (κ2) is 9.14. The molecule has 0 radical (unpaired) electrons. The van der Waals surface area contributed by atoms with Gasteiger partial charge in [0.25, 0.3) is 5.91 Å². The standard InChI is InChI=1S/C30H38N2O7/c1-27-10-7-23-24(30(27,38)13-9-22(27)19-14-25(35)39-16-19)8-12-29(37)15-21(34)6-11-28(23,29)17-31-32-26(36)18-2-4-20(33)5-3-18/h2-5,14,17,21-24,33-34,37-38H,6-13,15-16H2,1H3,(H,32,36)/b31-17-/t21-,22-,23+,24-,27-,28+,29+,30-/m1/s1. The maximum atomic E-state index is 12.7. The van der Waals surface area contributed by atoms with Crippen LogP contribution >= 0.6 is 0 Å². The number of hydrogen-bond acceptors (Lipinski definition) is 8. The lowest BCUT2D eigenvalue weighted by Gasteiger charge is -2.65. The third kappa shape index (κ3) is 3.88. The van der Waals surface area contributed by atoms with Crippen LogP contribution in [0.3, 0.4) is 0 Å². The molecular weight excluding hydrogens is 500 g/mol. The van der Waals surface area contributed by atoms with Gasteiger partial charge in [-0.2, -0.15) is 5.10 Å². The molecule has 1 aromatic rings. The van der Waals surface area contributed by atoms with E-state index in [1.165, 1.54) is 24.3 Å². The third-order valence-electron chi connectivity index (χ3n) is 11.2. The number of aliphatic hydroxyl groups excluding tert-OH is 1. The lowest BCUT2D eigenvalue weighted by atomic mass is 9.41. The lowest BCUT2D eigenvalue weighted by Crippen LogP contribution is -2.68. The Hall–Kier alpha value is -2.75. The van der Waals surface area contributed by atoms with Crippen LogP contribution in [0.2, 0.25) is 0 Å². The number of amides is 1. The zero-order valence-electron chi connectivity index (χ0n) is 22.3. The summed E-state index contributed by atoms with van der Waals surface area (Å²) in [4.78, 5) is 24.5. The predicted molar refractivity (Wildman–Crippen MR) is 142 cm³/mol. The van der Waals surface area contributed by atoms with E-state index in [0.717, 1.165) is 24.8 Å². The number of benzene rings is 1. The number of hydrogen-bond donors (Lipinski definition) is 5. The van der Waals surface area contributed by atoms with Crippen LogP contribution in [0.25, 0.3) is 0 Å². The van der Waals surface area contributed by atoms with Gasteiger partial charge in [-0.15, -0.1) is 0 Å². The van der Waals surface area contributed by atoms with Crippen molar-refractivity contribution in [2.24, 2.45) is 33.7 Å². The normalized spacial score (nSPS) is 43.3. The molecule has 39 heavy (non-hydrogen) atoms. The minimum Gasteiger partial charge on any atom is -0.508 e. The van der Waals surface area contributed by atoms with Crippen molar-refractivity contribution in [1.29, 1.82) is 0 Å². The van der Waals surface area contributed by atoms with E-state index in [1.807, 2.05) is 0 Å². The Morgan fingerprint density at radius 2 is 1.79 bits per heavy atom. The number of fused-ring (bicyclic) bond motifs is 5. The summed E-state index contributed by atoms with van der Waals surface area (Å²) in [5, 5.41) is 49.0. The molecule has 9 heteroatoms. The number of aromatic hydroxyl groups is 1. The Kier molecular flexibility index (Phi) is 6.21. The van der Waals surface area contributed by atoms with Crippen LogP contribution in [-0.4, -0.2) is 62.4 Å². The average Bonchev–Trinajstić information content (AvgIpc) is 3.44. The molecule has 0 saturated heterocycles. The molecule has 4 saturated carbocycles. The molecule has 0 unspecified atom stereocenters. The van der Waals surface area contributed by atoms with E-state index in [1.54, 1.807) is 12.3 Å². The molecule has 1 heterocycles. The molecule has 9 nitrogen and oxygen atoms in total. The first-order valence-electron chi connectivity index (χ1n) is 14.1. The van der Waals surface area contributed by atoms with Crippen LogP contribution < -0.4 is 5.43 Å². The molecule has 1 aliphatic heterocycles. The monoisotopic (exact) mass is 538 g/mol. The molecule has 5 N–H and O–H groups in total. The molecule has 4 fully saturated rings. The molecule has 5 aliphatic rings. The number of ether oxygens (including phenoxy) is 1. The number of esters is 1. The van der Waals surface area contributed by atoms with Crippen molar-refractivity contribution in [3.8, 4) is 5.75 Å². The quantitative estimate of drug-likeness (QED) is 0.225. The van der Waals surface area contributed by atoms with Crippen LogP contribution in [0.15, 0.2) is 41.0 Å². The fraction of sp³-hybridized carbons (Fsp3) is 0.633. The Labute approximate surface area is 228 Å². The van der Waals surface area contributed by atoms with Crippen molar-refractivity contribution in [2.45, 2.75) is 82.0 Å². The van der Waals surface area contributed by atoms with Crippen molar-refractivity contribution in [3.05, 3.63) is 41.5 Å². The van der Waals surface area contributed by atoms with Crippen molar-refractivity contribution < 1.29 is 34.8 Å². The van der Waals surface area contributed by atoms with Gasteiger partial charge in [-0.1, -0.05) is 6.92 Å². The molecule has 210 valence electrons. The number of carbonyl (C=O) groups is 2. The zero-order valence-corrected chi connectivity index (χ0v) is 22.3. The van der Waals surface area contributed by atoms with Gasteiger partial charge in [0.15, 0.2) is 0 Å². The fourth-order valence-electron chi connectivity index (χ4n) is 9.24. The van der Waals surface area contributed by atoms with Crippen molar-refractivity contribution in [2.75, 3.05) is 6.61 Å². The second-order valence-corrected chi connectivity index (χ2v) is 12.8. The smallest absolute Gasteiger partial charge is 0.331 e. The molecule has 8 atom stereocenters. The van der Waals surface area contributed by atoms with Crippen molar-refractivity contribution in [1.82, 2.24) is 5.43 Å². The number of phenolic OH excluding ortho intramolecular Hbond substituents is 1. The molecule has 0 aromatic heterocycles. The van der Waals surface area contributed by atoms with Gasteiger partial charge in [0.2, 0.25) is 0 Å². The summed E-state index contributed by atoms with van der Waals surface area (Å²) in [6, 6.07) is 5.88. The number of carbonyl (C=O) groups excluding carboxylic acids is 2. The summed E-state index contributed by atoms with van der Waals surface area (Å²) in [5.74, 6) is -0.777. The van der Waals surface area contributed by atoms with E-state index < -0.39 is 34.0 Å². The third-order valence-corrected chi connectivity index (χ3v) is 11.2. The fourth-order valence-corrected chi connectivity index (χ4v) is 9.24. The average molecular weight is 539 g/mol. The summed E-state index contributed by atoms with van der Waals surface area (Å²) in [7, 11) is 0. The van der Waals surface area contributed by atoms with Gasteiger partial charge in [0.05, 0.1) is 17.3 Å². The Morgan fingerprint density at radius 1 is 1.05 bits per heavy atom. The highest BCUT2D eigenvalue weighted by Gasteiger charge is 2.71. The number of phenols is 1. The van der Waals surface area contributed by atoms with E-state index >= 15 is 0 Å². The first-order valence-corrected chi connectivity index (χ1v) is 14.1. The van der Waals surface area contributed by atoms with E-state index in [-0.39, 0.29) is 42.5 Å². The van der Waals surface area contributed by atoms with Crippen molar-refractivity contribution in [3.63, 3.8) is 0 Å². The van der Waals surface area contributed by atoms with E-state index in [9.17, 15) is 30.0 Å². The number of cyclic esters (lactones) is 1. The number of aliphatic hydroxyl groups is 3. The Balaban J connectivity index is 1.32. The number of nitrogens with one attached hydrogen (secondary N) is 1. The topological polar surface area (TPSA) is 149 Å². The first kappa shape index (κ1) is 26.5. The maximum Gasteiger partial charge on any atom is 0.331 e. The van der Waals surface area contributed by atoms with Gasteiger partial charge in [0, 0.05) is 35.1 Å². The highest BCUT2D eigenvalue weighted by atomic mass is 16.5. The van der Waals surface area contributed by atoms with E-state index in [0.29, 0.717) is 37.7 Å². The molecule has 0 spiro atoms. The van der Waals surface area contributed by atoms with Crippen molar-refractivity contribution >= 4 is 18.1 Å². The van der Waals surface area contributed by atoms with E-state index in [4.69, 9.17) is 4.74 Å². The highest BCUT2D eigenvalue weighted by Crippen LogP contribution is 2.70. The van der Waals surface area contributed by atoms with Gasteiger partial charge in [-0.3, -0.25) is 4.79 Å². The Bertz CT molecular complexity index is 1230. The number of hydrazone groups is 1. The largest absolute Gasteiger partial charge is 0.508 e. The minimum absolute atomic E-state index is 0.0627. The summed E-state index contributed by atoms with van der Waals surface area (Å²) >= 11 is 0. The summed E-state index contributed by atoms with van der Waals surface area (Å²) in [5.41, 5.74) is 0.516. The van der Waals surface area contributed by atoms with Gasteiger partial charge in [-0.05, 0) is 99.0 Å². The lowest BCUT2D eigenvalue weighted by molar-refractivity contribution is -0.237. The highest BCUT2D eigenvalue weighted by molar-refractivity contribution is 5.94. The molecule has 6 rings (SSSR count). The van der Waals surface area contributed by atoms with Gasteiger partial charge < -0.3 is 25.2 Å². The SMILES string of the molecule is C[C@]12CC[C@H]3[C@@H](CC[C@]4(O)C[C@H](O)CC[C@]34/C=N\NC(=O)c3ccc(O)cc3)[C@]1(O)CC[C@@H]2C1=CC(=O)OC1. The first-order chi connectivity index (χ1) is 18.5. The van der Waals surface area contributed by atoms with Crippen LogP contribution in [0, 0.1) is 28.6 Å².